The van der Waals surface area contributed by atoms with Crippen LogP contribution >= 0.6 is 0 Å². The zero-order chi connectivity index (χ0) is 8.81. The van der Waals surface area contributed by atoms with Gasteiger partial charge in [-0.1, -0.05) is 25.7 Å². The Morgan fingerprint density at radius 1 is 1.17 bits per heavy atom. The quantitative estimate of drug-likeness (QED) is 0.274. The molecule has 0 radical (unpaired) electrons. The summed E-state index contributed by atoms with van der Waals surface area (Å²) in [5, 5.41) is 0. The highest BCUT2D eigenvalue weighted by Gasteiger charge is 2.20. The van der Waals surface area contributed by atoms with Crippen LogP contribution in [0.5, 0.6) is 0 Å². The zero-order valence-electron chi connectivity index (χ0n) is 7.12. The van der Waals surface area contributed by atoms with Crippen molar-refractivity contribution in [3.63, 3.8) is 0 Å². The first-order valence-corrected chi connectivity index (χ1v) is 4.48. The van der Waals surface area contributed by atoms with Gasteiger partial charge in [-0.15, -0.1) is 0 Å². The van der Waals surface area contributed by atoms with Crippen LogP contribution in [0.15, 0.2) is 0 Å². The Hall–Kier alpha value is -0.860. The van der Waals surface area contributed by atoms with Crippen molar-refractivity contribution in [2.45, 2.75) is 38.5 Å². The molecular weight excluding hydrogens is 156 g/mol. The van der Waals surface area contributed by atoms with Crippen LogP contribution in [0.2, 0.25) is 0 Å². The SMILES string of the molecule is O=COC(=O)C1CCCCCC1. The molecule has 0 amide bonds. The van der Waals surface area contributed by atoms with E-state index in [1.165, 1.54) is 12.8 Å². The highest BCUT2D eigenvalue weighted by Crippen LogP contribution is 2.23. The Labute approximate surface area is 72.1 Å². The van der Waals surface area contributed by atoms with Crippen molar-refractivity contribution in [3.8, 4) is 0 Å². The van der Waals surface area contributed by atoms with Crippen LogP contribution in [0.1, 0.15) is 38.5 Å². The number of hydrogen-bond donors (Lipinski definition) is 0. The normalized spacial score (nSPS) is 19.7. The first-order chi connectivity index (χ1) is 5.84. The van der Waals surface area contributed by atoms with Gasteiger partial charge in [0.2, 0.25) is 0 Å². The summed E-state index contributed by atoms with van der Waals surface area (Å²) < 4.78 is 4.32. The number of carbonyl (C=O) groups is 2. The molecule has 0 atom stereocenters. The minimum Gasteiger partial charge on any atom is -0.395 e. The van der Waals surface area contributed by atoms with Gasteiger partial charge in [0, 0.05) is 0 Å². The van der Waals surface area contributed by atoms with Crippen LogP contribution in [0.25, 0.3) is 0 Å². The van der Waals surface area contributed by atoms with Crippen molar-refractivity contribution in [3.05, 3.63) is 0 Å². The second kappa shape index (κ2) is 4.91. The first kappa shape index (κ1) is 9.23. The zero-order valence-corrected chi connectivity index (χ0v) is 7.12. The summed E-state index contributed by atoms with van der Waals surface area (Å²) in [6.07, 6.45) is 6.33. The Morgan fingerprint density at radius 2 is 1.75 bits per heavy atom. The van der Waals surface area contributed by atoms with Crippen molar-refractivity contribution >= 4 is 12.4 Å². The molecular formula is C9H14O3. The lowest BCUT2D eigenvalue weighted by molar-refractivity contribution is -0.155. The molecule has 0 bridgehead atoms. The molecule has 0 unspecified atom stereocenters. The van der Waals surface area contributed by atoms with Gasteiger partial charge >= 0.3 is 12.4 Å². The van der Waals surface area contributed by atoms with E-state index in [4.69, 9.17) is 0 Å². The van der Waals surface area contributed by atoms with E-state index in [0.29, 0.717) is 0 Å². The number of rotatable bonds is 2. The number of esters is 1. The maximum absolute atomic E-state index is 11.1. The standard InChI is InChI=1S/C9H14O3/c10-7-12-9(11)8-5-3-1-2-4-6-8/h7-8H,1-6H2. The van der Waals surface area contributed by atoms with Crippen LogP contribution in [0.3, 0.4) is 0 Å². The lowest BCUT2D eigenvalue weighted by Crippen LogP contribution is -2.16. The van der Waals surface area contributed by atoms with E-state index in [9.17, 15) is 9.59 Å². The largest absolute Gasteiger partial charge is 0.395 e. The second-order valence-electron chi connectivity index (χ2n) is 3.22. The van der Waals surface area contributed by atoms with Gasteiger partial charge in [0.1, 0.15) is 0 Å². The molecule has 0 N–H and O–H groups in total. The third-order valence-corrected chi connectivity index (χ3v) is 2.35. The maximum atomic E-state index is 11.1. The molecule has 3 nitrogen and oxygen atoms in total. The topological polar surface area (TPSA) is 43.4 Å². The predicted octanol–water partition coefficient (Wildman–Crippen LogP) is 1.66. The summed E-state index contributed by atoms with van der Waals surface area (Å²) >= 11 is 0. The van der Waals surface area contributed by atoms with Gasteiger partial charge in [0.05, 0.1) is 5.92 Å². The Bertz CT molecular complexity index is 157. The molecule has 1 fully saturated rings. The average Bonchev–Trinajstić information content (AvgIpc) is 2.32. The van der Waals surface area contributed by atoms with Gasteiger partial charge in [-0.2, -0.15) is 0 Å². The van der Waals surface area contributed by atoms with E-state index in [0.717, 1.165) is 25.7 Å². The van der Waals surface area contributed by atoms with E-state index < -0.39 is 0 Å². The molecule has 0 spiro atoms. The van der Waals surface area contributed by atoms with Crippen LogP contribution in [0, 0.1) is 5.92 Å². The van der Waals surface area contributed by atoms with E-state index in [2.05, 4.69) is 4.74 Å². The fraction of sp³-hybridized carbons (Fsp3) is 0.778. The minimum atomic E-state index is -0.341. The smallest absolute Gasteiger partial charge is 0.316 e. The van der Waals surface area contributed by atoms with Crippen molar-refractivity contribution in [1.82, 2.24) is 0 Å². The molecule has 1 aliphatic rings. The van der Waals surface area contributed by atoms with Crippen molar-refractivity contribution in [1.29, 1.82) is 0 Å². The summed E-state index contributed by atoms with van der Waals surface area (Å²) in [6, 6.07) is 0. The van der Waals surface area contributed by atoms with Crippen LogP contribution in [0.4, 0.5) is 0 Å². The molecule has 0 aliphatic heterocycles. The number of ether oxygens (including phenoxy) is 1. The summed E-state index contributed by atoms with van der Waals surface area (Å²) in [7, 11) is 0. The molecule has 1 saturated carbocycles. The number of carbonyl (C=O) groups excluding carboxylic acids is 2. The highest BCUT2D eigenvalue weighted by atomic mass is 16.6. The van der Waals surface area contributed by atoms with Crippen molar-refractivity contribution < 1.29 is 14.3 Å². The summed E-state index contributed by atoms with van der Waals surface area (Å²) in [5.74, 6) is -0.371. The third kappa shape index (κ3) is 2.64. The molecule has 12 heavy (non-hydrogen) atoms. The Kier molecular flexibility index (Phi) is 3.77. The molecule has 0 aromatic rings. The first-order valence-electron chi connectivity index (χ1n) is 4.48. The lowest BCUT2D eigenvalue weighted by atomic mass is 10.0. The summed E-state index contributed by atoms with van der Waals surface area (Å²) in [5.41, 5.74) is 0. The maximum Gasteiger partial charge on any atom is 0.316 e. The second-order valence-corrected chi connectivity index (χ2v) is 3.22. The summed E-state index contributed by atoms with van der Waals surface area (Å²) in [6.45, 7) is 0.229. The Balaban J connectivity index is 2.37. The monoisotopic (exact) mass is 170 g/mol. The van der Waals surface area contributed by atoms with Crippen LogP contribution in [-0.4, -0.2) is 12.4 Å². The molecule has 0 saturated heterocycles. The minimum absolute atomic E-state index is 0.0299. The molecule has 0 aromatic carbocycles. The van der Waals surface area contributed by atoms with Gasteiger partial charge in [-0.25, -0.2) is 0 Å². The molecule has 0 aromatic heterocycles. The van der Waals surface area contributed by atoms with E-state index in [1.54, 1.807) is 0 Å². The Morgan fingerprint density at radius 3 is 2.25 bits per heavy atom. The van der Waals surface area contributed by atoms with Crippen LogP contribution < -0.4 is 0 Å². The van der Waals surface area contributed by atoms with E-state index in [1.807, 2.05) is 0 Å². The molecule has 3 heteroatoms. The van der Waals surface area contributed by atoms with Gasteiger partial charge < -0.3 is 4.74 Å². The average molecular weight is 170 g/mol. The fourth-order valence-electron chi connectivity index (χ4n) is 1.66. The summed E-state index contributed by atoms with van der Waals surface area (Å²) in [4.78, 5) is 21.0. The van der Waals surface area contributed by atoms with Gasteiger partial charge in [0.15, 0.2) is 0 Å². The van der Waals surface area contributed by atoms with Crippen molar-refractivity contribution in [2.24, 2.45) is 5.92 Å². The van der Waals surface area contributed by atoms with Gasteiger partial charge in [-0.3, -0.25) is 9.59 Å². The molecule has 1 rings (SSSR count). The molecule has 68 valence electrons. The highest BCUT2D eigenvalue weighted by molar-refractivity contribution is 5.78. The van der Waals surface area contributed by atoms with E-state index in [-0.39, 0.29) is 18.4 Å². The third-order valence-electron chi connectivity index (χ3n) is 2.35. The van der Waals surface area contributed by atoms with Crippen molar-refractivity contribution in [2.75, 3.05) is 0 Å². The fourth-order valence-corrected chi connectivity index (χ4v) is 1.66. The molecule has 1 aliphatic carbocycles. The lowest BCUT2D eigenvalue weighted by Gasteiger charge is -2.08. The van der Waals surface area contributed by atoms with Gasteiger partial charge in [0.25, 0.3) is 0 Å². The predicted molar refractivity (Wildman–Crippen MR) is 43.3 cm³/mol. The van der Waals surface area contributed by atoms with Crippen LogP contribution in [-0.2, 0) is 14.3 Å². The van der Waals surface area contributed by atoms with Gasteiger partial charge in [-0.05, 0) is 12.8 Å². The number of hydrogen-bond acceptors (Lipinski definition) is 3. The molecule has 0 heterocycles. The van der Waals surface area contributed by atoms with E-state index >= 15 is 0 Å².